The molecule has 0 radical (unpaired) electrons. The molecule has 0 aliphatic heterocycles. The third-order valence-electron chi connectivity index (χ3n) is 2.21. The highest BCUT2D eigenvalue weighted by Gasteiger charge is 2.10. The molecule has 0 heterocycles. The van der Waals surface area contributed by atoms with Crippen LogP contribution in [0.4, 0.5) is 0 Å². The number of halogens is 1. The van der Waals surface area contributed by atoms with Gasteiger partial charge in [0.05, 0.1) is 11.6 Å². The monoisotopic (exact) mass is 299 g/mol. The third kappa shape index (κ3) is 4.06. The van der Waals surface area contributed by atoms with E-state index in [9.17, 15) is 0 Å². The van der Waals surface area contributed by atoms with E-state index in [-0.39, 0.29) is 0 Å². The number of hydrogen-bond donors (Lipinski definition) is 1. The predicted octanol–water partition coefficient (Wildman–Crippen LogP) is 3.13. The smallest absolute Gasteiger partial charge is 0.175 e. The Morgan fingerprint density at radius 3 is 2.82 bits per heavy atom. The third-order valence-corrected chi connectivity index (χ3v) is 2.80. The van der Waals surface area contributed by atoms with Gasteiger partial charge in [-0.15, -0.1) is 0 Å². The Bertz CT molecular complexity index is 380. The van der Waals surface area contributed by atoms with E-state index in [4.69, 9.17) is 9.47 Å². The van der Waals surface area contributed by atoms with Gasteiger partial charge in [0.1, 0.15) is 6.61 Å². The lowest BCUT2D eigenvalue weighted by Gasteiger charge is -2.13. The minimum atomic E-state index is 0.460. The number of benzene rings is 1. The molecule has 0 unspecified atom stereocenters. The van der Waals surface area contributed by atoms with Crippen LogP contribution in [-0.2, 0) is 6.54 Å². The molecule has 0 atom stereocenters. The average molecular weight is 300 g/mol. The summed E-state index contributed by atoms with van der Waals surface area (Å²) in [6.07, 6.45) is 1.71. The molecule has 0 aromatic heterocycles. The van der Waals surface area contributed by atoms with Crippen molar-refractivity contribution in [2.75, 3.05) is 20.3 Å². The summed E-state index contributed by atoms with van der Waals surface area (Å²) in [5.74, 6) is 1.45. The van der Waals surface area contributed by atoms with Gasteiger partial charge in [-0.3, -0.25) is 0 Å². The Hall–Kier alpha value is -1.00. The van der Waals surface area contributed by atoms with Gasteiger partial charge in [-0.2, -0.15) is 0 Å². The summed E-state index contributed by atoms with van der Waals surface area (Å²) in [6.45, 7) is 7.92. The van der Waals surface area contributed by atoms with Crippen molar-refractivity contribution in [1.82, 2.24) is 5.32 Å². The Kier molecular flexibility index (Phi) is 6.08. The van der Waals surface area contributed by atoms with Crippen LogP contribution < -0.4 is 14.8 Å². The van der Waals surface area contributed by atoms with E-state index in [2.05, 4.69) is 34.7 Å². The maximum Gasteiger partial charge on any atom is 0.175 e. The Morgan fingerprint density at radius 1 is 1.47 bits per heavy atom. The fourth-order valence-electron chi connectivity index (χ4n) is 1.43. The summed E-state index contributed by atoms with van der Waals surface area (Å²) in [7, 11) is 1.64. The second kappa shape index (κ2) is 7.35. The number of methoxy groups -OCH3 is 1. The minimum Gasteiger partial charge on any atom is -0.493 e. The highest BCUT2D eigenvalue weighted by atomic mass is 79.9. The van der Waals surface area contributed by atoms with Crippen LogP contribution >= 0.6 is 15.9 Å². The lowest BCUT2D eigenvalue weighted by Crippen LogP contribution is -2.12. The lowest BCUT2D eigenvalue weighted by molar-refractivity contribution is 0.324. The van der Waals surface area contributed by atoms with Gasteiger partial charge in [0.15, 0.2) is 11.5 Å². The molecule has 0 aliphatic rings. The number of ether oxygens (including phenoxy) is 2. The van der Waals surface area contributed by atoms with Crippen LogP contribution in [0.1, 0.15) is 12.5 Å². The largest absolute Gasteiger partial charge is 0.493 e. The van der Waals surface area contributed by atoms with Gasteiger partial charge < -0.3 is 14.8 Å². The maximum absolute atomic E-state index is 5.56. The van der Waals surface area contributed by atoms with Crippen molar-refractivity contribution in [3.05, 3.63) is 34.8 Å². The molecule has 0 fully saturated rings. The van der Waals surface area contributed by atoms with Crippen molar-refractivity contribution in [1.29, 1.82) is 0 Å². The molecular weight excluding hydrogens is 282 g/mol. The quantitative estimate of drug-likeness (QED) is 0.785. The fraction of sp³-hybridized carbons (Fsp3) is 0.385. The molecule has 0 spiro atoms. The SMILES string of the molecule is C=CCOc1c(Br)cc(CNCC)cc1OC. The van der Waals surface area contributed by atoms with Gasteiger partial charge in [0, 0.05) is 6.54 Å². The van der Waals surface area contributed by atoms with Gasteiger partial charge in [-0.1, -0.05) is 19.6 Å². The standard InChI is InChI=1S/C13H18BrNO2/c1-4-6-17-13-11(14)7-10(9-15-5-2)8-12(13)16-3/h4,7-8,15H,1,5-6,9H2,2-3H3. The number of hydrogen-bond acceptors (Lipinski definition) is 3. The van der Waals surface area contributed by atoms with Crippen LogP contribution in [0.3, 0.4) is 0 Å². The van der Waals surface area contributed by atoms with E-state index in [1.807, 2.05) is 12.1 Å². The van der Waals surface area contributed by atoms with E-state index in [0.717, 1.165) is 28.9 Å². The molecule has 1 aromatic carbocycles. The topological polar surface area (TPSA) is 30.5 Å². The Balaban J connectivity index is 2.94. The van der Waals surface area contributed by atoms with Crippen LogP contribution in [0.2, 0.25) is 0 Å². The van der Waals surface area contributed by atoms with Crippen molar-refractivity contribution >= 4 is 15.9 Å². The normalized spacial score (nSPS) is 10.1. The van der Waals surface area contributed by atoms with Crippen molar-refractivity contribution in [2.24, 2.45) is 0 Å². The zero-order chi connectivity index (χ0) is 12.7. The number of rotatable bonds is 7. The van der Waals surface area contributed by atoms with Crippen molar-refractivity contribution in [2.45, 2.75) is 13.5 Å². The molecule has 4 heteroatoms. The van der Waals surface area contributed by atoms with Crippen LogP contribution in [-0.4, -0.2) is 20.3 Å². The van der Waals surface area contributed by atoms with Crippen LogP contribution in [0.15, 0.2) is 29.3 Å². The first kappa shape index (κ1) is 14.1. The van der Waals surface area contributed by atoms with E-state index in [0.29, 0.717) is 12.4 Å². The first-order valence-electron chi connectivity index (χ1n) is 5.53. The van der Waals surface area contributed by atoms with Crippen molar-refractivity contribution in [3.63, 3.8) is 0 Å². The van der Waals surface area contributed by atoms with E-state index < -0.39 is 0 Å². The van der Waals surface area contributed by atoms with E-state index in [1.54, 1.807) is 13.2 Å². The first-order chi connectivity index (χ1) is 8.22. The highest BCUT2D eigenvalue weighted by Crippen LogP contribution is 2.36. The van der Waals surface area contributed by atoms with E-state index in [1.165, 1.54) is 0 Å². The molecule has 0 amide bonds. The second-order valence-electron chi connectivity index (χ2n) is 3.49. The minimum absolute atomic E-state index is 0.460. The van der Waals surface area contributed by atoms with Crippen molar-refractivity contribution < 1.29 is 9.47 Å². The van der Waals surface area contributed by atoms with Crippen LogP contribution in [0, 0.1) is 0 Å². The molecule has 0 saturated carbocycles. The van der Waals surface area contributed by atoms with Crippen LogP contribution in [0.5, 0.6) is 11.5 Å². The van der Waals surface area contributed by atoms with Gasteiger partial charge >= 0.3 is 0 Å². The summed E-state index contributed by atoms with van der Waals surface area (Å²) in [6, 6.07) is 4.01. The van der Waals surface area contributed by atoms with Crippen molar-refractivity contribution in [3.8, 4) is 11.5 Å². The first-order valence-corrected chi connectivity index (χ1v) is 6.33. The maximum atomic E-state index is 5.56. The molecule has 3 nitrogen and oxygen atoms in total. The molecule has 1 aromatic rings. The molecular formula is C13H18BrNO2. The predicted molar refractivity (Wildman–Crippen MR) is 73.8 cm³/mol. The van der Waals surface area contributed by atoms with Gasteiger partial charge in [-0.25, -0.2) is 0 Å². The zero-order valence-corrected chi connectivity index (χ0v) is 11.8. The zero-order valence-electron chi connectivity index (χ0n) is 10.3. The van der Waals surface area contributed by atoms with E-state index >= 15 is 0 Å². The Labute approximate surface area is 111 Å². The summed E-state index contributed by atoms with van der Waals surface area (Å²) >= 11 is 3.49. The van der Waals surface area contributed by atoms with Gasteiger partial charge in [0.25, 0.3) is 0 Å². The van der Waals surface area contributed by atoms with Gasteiger partial charge in [-0.05, 0) is 40.2 Å². The molecule has 1 rings (SSSR count). The molecule has 94 valence electrons. The van der Waals surface area contributed by atoms with Gasteiger partial charge in [0.2, 0.25) is 0 Å². The fourth-order valence-corrected chi connectivity index (χ4v) is 2.03. The molecule has 17 heavy (non-hydrogen) atoms. The number of nitrogens with one attached hydrogen (secondary N) is 1. The lowest BCUT2D eigenvalue weighted by atomic mass is 10.2. The average Bonchev–Trinajstić information content (AvgIpc) is 2.34. The summed E-state index contributed by atoms with van der Waals surface area (Å²) in [4.78, 5) is 0. The second-order valence-corrected chi connectivity index (χ2v) is 4.34. The molecule has 0 aliphatic carbocycles. The highest BCUT2D eigenvalue weighted by molar-refractivity contribution is 9.10. The summed E-state index contributed by atoms with van der Waals surface area (Å²) < 4.78 is 11.8. The Morgan fingerprint density at radius 2 is 2.24 bits per heavy atom. The molecule has 1 N–H and O–H groups in total. The summed E-state index contributed by atoms with van der Waals surface area (Å²) in [5.41, 5.74) is 1.15. The molecule has 0 saturated heterocycles. The molecule has 0 bridgehead atoms. The van der Waals surface area contributed by atoms with Crippen LogP contribution in [0.25, 0.3) is 0 Å². The summed E-state index contributed by atoms with van der Waals surface area (Å²) in [5, 5.41) is 3.27.